The van der Waals surface area contributed by atoms with Gasteiger partial charge in [0.05, 0.1) is 17.7 Å². The lowest BCUT2D eigenvalue weighted by atomic mass is 9.97. The van der Waals surface area contributed by atoms with Crippen LogP contribution >= 0.6 is 11.6 Å². The summed E-state index contributed by atoms with van der Waals surface area (Å²) in [7, 11) is 1.64. The number of rotatable bonds is 5. The van der Waals surface area contributed by atoms with Crippen LogP contribution in [0.3, 0.4) is 0 Å². The van der Waals surface area contributed by atoms with Crippen molar-refractivity contribution in [2.45, 2.75) is 12.5 Å². The van der Waals surface area contributed by atoms with Gasteiger partial charge in [-0.25, -0.2) is 8.78 Å². The van der Waals surface area contributed by atoms with E-state index in [9.17, 15) is 8.78 Å². The summed E-state index contributed by atoms with van der Waals surface area (Å²) < 4.78 is 32.3. The fourth-order valence-corrected chi connectivity index (χ4v) is 2.22. The molecule has 1 unspecified atom stereocenters. The number of methoxy groups -OCH3 is 1. The van der Waals surface area contributed by atoms with Crippen molar-refractivity contribution in [3.05, 3.63) is 69.7 Å². The zero-order valence-electron chi connectivity index (χ0n) is 11.6. The van der Waals surface area contributed by atoms with Crippen LogP contribution in [0, 0.1) is 11.6 Å². The van der Waals surface area contributed by atoms with Crippen LogP contribution in [0.25, 0.3) is 0 Å². The Morgan fingerprint density at radius 3 is 2.43 bits per heavy atom. The molecule has 5 heteroatoms. The number of hydrogen-bond acceptors (Lipinski definition) is 2. The second-order valence-electron chi connectivity index (χ2n) is 4.75. The van der Waals surface area contributed by atoms with Crippen molar-refractivity contribution in [2.24, 2.45) is 5.73 Å². The van der Waals surface area contributed by atoms with Gasteiger partial charge in [-0.05, 0) is 29.7 Å². The van der Waals surface area contributed by atoms with Gasteiger partial charge in [0.15, 0.2) is 0 Å². The van der Waals surface area contributed by atoms with Gasteiger partial charge in [0.1, 0.15) is 11.6 Å². The van der Waals surface area contributed by atoms with E-state index < -0.39 is 17.7 Å². The molecule has 0 amide bonds. The summed E-state index contributed by atoms with van der Waals surface area (Å²) >= 11 is 5.54. The predicted molar refractivity (Wildman–Crippen MR) is 79.4 cm³/mol. The van der Waals surface area contributed by atoms with Crippen LogP contribution in [0.1, 0.15) is 22.7 Å². The fraction of sp³-hybridized carbons (Fsp3) is 0.250. The molecule has 0 aliphatic rings. The van der Waals surface area contributed by atoms with E-state index in [0.717, 1.165) is 24.1 Å². The molecular formula is C16H16ClF2NO. The van der Waals surface area contributed by atoms with Crippen molar-refractivity contribution in [2.75, 3.05) is 13.7 Å². The van der Waals surface area contributed by atoms with Gasteiger partial charge < -0.3 is 10.5 Å². The highest BCUT2D eigenvalue weighted by Gasteiger charge is 2.16. The second kappa shape index (κ2) is 6.98. The second-order valence-corrected chi connectivity index (χ2v) is 5.16. The highest BCUT2D eigenvalue weighted by Crippen LogP contribution is 2.27. The van der Waals surface area contributed by atoms with E-state index in [4.69, 9.17) is 22.1 Å². The normalized spacial score (nSPS) is 12.4. The molecule has 0 radical (unpaired) electrons. The molecule has 2 rings (SSSR count). The Balaban J connectivity index is 2.23. The summed E-state index contributed by atoms with van der Waals surface area (Å²) in [5.41, 5.74) is 7.90. The number of halogens is 3. The lowest BCUT2D eigenvalue weighted by Crippen LogP contribution is -2.14. The topological polar surface area (TPSA) is 35.2 Å². The maximum absolute atomic E-state index is 13.9. The summed E-state index contributed by atoms with van der Waals surface area (Å²) in [6.07, 6.45) is 0.788. The predicted octanol–water partition coefficient (Wildman–Crippen LogP) is 3.86. The first-order valence-corrected chi connectivity index (χ1v) is 6.88. The summed E-state index contributed by atoms with van der Waals surface area (Å²) in [6.45, 7) is 0.627. The van der Waals surface area contributed by atoms with Crippen LogP contribution in [-0.2, 0) is 11.2 Å². The van der Waals surface area contributed by atoms with E-state index in [-0.39, 0.29) is 10.6 Å². The molecular weight excluding hydrogens is 296 g/mol. The summed E-state index contributed by atoms with van der Waals surface area (Å²) in [6, 6.07) is 8.66. The van der Waals surface area contributed by atoms with Gasteiger partial charge in [-0.15, -0.1) is 0 Å². The molecule has 0 saturated heterocycles. The molecule has 0 aromatic heterocycles. The van der Waals surface area contributed by atoms with E-state index in [1.165, 1.54) is 0 Å². The maximum Gasteiger partial charge on any atom is 0.142 e. The first-order chi connectivity index (χ1) is 10.0. The standard InChI is InChI=1S/C16H16ClF2NO/c1-21-7-6-10-2-4-11(5-3-10)16(20)12-8-15(19)13(17)9-14(12)18/h2-5,8-9,16H,6-7,20H2,1H3. The Kier molecular flexibility index (Phi) is 5.28. The summed E-state index contributed by atoms with van der Waals surface area (Å²) in [5.74, 6) is -1.29. The first-order valence-electron chi connectivity index (χ1n) is 6.50. The first kappa shape index (κ1) is 15.9. The molecule has 2 N–H and O–H groups in total. The van der Waals surface area contributed by atoms with Crippen LogP contribution in [0.15, 0.2) is 36.4 Å². The molecule has 2 aromatic rings. The van der Waals surface area contributed by atoms with E-state index in [1.54, 1.807) is 7.11 Å². The maximum atomic E-state index is 13.9. The molecule has 21 heavy (non-hydrogen) atoms. The van der Waals surface area contributed by atoms with Crippen LogP contribution < -0.4 is 5.73 Å². The Morgan fingerprint density at radius 2 is 1.81 bits per heavy atom. The molecule has 0 aliphatic carbocycles. The van der Waals surface area contributed by atoms with E-state index in [0.29, 0.717) is 12.2 Å². The monoisotopic (exact) mass is 311 g/mol. The molecule has 2 aromatic carbocycles. The van der Waals surface area contributed by atoms with Crippen molar-refractivity contribution < 1.29 is 13.5 Å². The van der Waals surface area contributed by atoms with Crippen molar-refractivity contribution in [3.63, 3.8) is 0 Å². The molecule has 0 spiro atoms. The van der Waals surface area contributed by atoms with Gasteiger partial charge in [0, 0.05) is 12.7 Å². The van der Waals surface area contributed by atoms with Crippen molar-refractivity contribution in [3.8, 4) is 0 Å². The van der Waals surface area contributed by atoms with Gasteiger partial charge in [-0.3, -0.25) is 0 Å². The van der Waals surface area contributed by atoms with Gasteiger partial charge in [0.25, 0.3) is 0 Å². The Labute approximate surface area is 127 Å². The average molecular weight is 312 g/mol. The van der Waals surface area contributed by atoms with E-state index in [1.807, 2.05) is 24.3 Å². The van der Waals surface area contributed by atoms with Crippen molar-refractivity contribution in [1.82, 2.24) is 0 Å². The highest BCUT2D eigenvalue weighted by molar-refractivity contribution is 6.30. The smallest absolute Gasteiger partial charge is 0.142 e. The Morgan fingerprint density at radius 1 is 1.14 bits per heavy atom. The number of ether oxygens (including phenoxy) is 1. The molecule has 1 atom stereocenters. The zero-order valence-corrected chi connectivity index (χ0v) is 12.3. The lowest BCUT2D eigenvalue weighted by molar-refractivity contribution is 0.202. The average Bonchev–Trinajstić information content (AvgIpc) is 2.48. The third-order valence-electron chi connectivity index (χ3n) is 3.31. The number of hydrogen-bond donors (Lipinski definition) is 1. The Hall–Kier alpha value is -1.49. The van der Waals surface area contributed by atoms with E-state index in [2.05, 4.69) is 0 Å². The van der Waals surface area contributed by atoms with E-state index >= 15 is 0 Å². The quantitative estimate of drug-likeness (QED) is 0.851. The highest BCUT2D eigenvalue weighted by atomic mass is 35.5. The summed E-state index contributed by atoms with van der Waals surface area (Å²) in [4.78, 5) is 0. The van der Waals surface area contributed by atoms with Crippen molar-refractivity contribution in [1.29, 1.82) is 0 Å². The summed E-state index contributed by atoms with van der Waals surface area (Å²) in [5, 5.41) is -0.252. The van der Waals surface area contributed by atoms with Crippen LogP contribution in [0.2, 0.25) is 5.02 Å². The number of nitrogens with two attached hydrogens (primary N) is 1. The Bertz CT molecular complexity index is 616. The minimum atomic E-state index is -0.742. The third kappa shape index (κ3) is 3.79. The van der Waals surface area contributed by atoms with Gasteiger partial charge in [0.2, 0.25) is 0 Å². The van der Waals surface area contributed by atoms with Crippen LogP contribution in [-0.4, -0.2) is 13.7 Å². The zero-order chi connectivity index (χ0) is 15.4. The number of benzene rings is 2. The van der Waals surface area contributed by atoms with Crippen LogP contribution in [0.5, 0.6) is 0 Å². The molecule has 0 aliphatic heterocycles. The van der Waals surface area contributed by atoms with Crippen molar-refractivity contribution >= 4 is 11.6 Å². The lowest BCUT2D eigenvalue weighted by Gasteiger charge is -2.14. The largest absolute Gasteiger partial charge is 0.384 e. The molecule has 2 nitrogen and oxygen atoms in total. The molecule has 0 fully saturated rings. The molecule has 0 bridgehead atoms. The molecule has 112 valence electrons. The SMILES string of the molecule is COCCc1ccc(C(N)c2cc(F)c(Cl)cc2F)cc1. The van der Waals surface area contributed by atoms with Gasteiger partial charge >= 0.3 is 0 Å². The van der Waals surface area contributed by atoms with Gasteiger partial charge in [-0.2, -0.15) is 0 Å². The van der Waals surface area contributed by atoms with Gasteiger partial charge in [-0.1, -0.05) is 35.9 Å². The van der Waals surface area contributed by atoms with Crippen LogP contribution in [0.4, 0.5) is 8.78 Å². The minimum absolute atomic E-state index is 0.0848. The molecule has 0 saturated carbocycles. The molecule has 0 heterocycles. The third-order valence-corrected chi connectivity index (χ3v) is 3.60. The minimum Gasteiger partial charge on any atom is -0.384 e. The fourth-order valence-electron chi connectivity index (χ4n) is 2.07.